The van der Waals surface area contributed by atoms with E-state index >= 15 is 0 Å². The quantitative estimate of drug-likeness (QED) is 0.788. The summed E-state index contributed by atoms with van der Waals surface area (Å²) in [6.45, 7) is 0. The van der Waals surface area contributed by atoms with Crippen LogP contribution in [0.5, 0.6) is 5.75 Å². The van der Waals surface area contributed by atoms with Crippen molar-refractivity contribution in [2.75, 3.05) is 7.11 Å². The van der Waals surface area contributed by atoms with Crippen LogP contribution in [0, 0.1) is 0 Å². The molecule has 0 spiro atoms. The molecule has 0 amide bonds. The Balaban J connectivity index is 1.96. The van der Waals surface area contributed by atoms with Gasteiger partial charge in [0, 0.05) is 12.1 Å². The number of benzene rings is 1. The van der Waals surface area contributed by atoms with Crippen LogP contribution in [0.4, 0.5) is 0 Å². The Morgan fingerprint density at radius 3 is 2.94 bits per heavy atom. The van der Waals surface area contributed by atoms with Crippen LogP contribution in [0.1, 0.15) is 24.8 Å². The Kier molecular flexibility index (Phi) is 2.19. The summed E-state index contributed by atoms with van der Waals surface area (Å²) in [7, 11) is 1.70. The topological polar surface area (TPSA) is 47.3 Å². The zero-order valence-corrected chi connectivity index (χ0v) is 9.57. The summed E-state index contributed by atoms with van der Waals surface area (Å²) in [5.74, 6) is 0.894. The van der Waals surface area contributed by atoms with Gasteiger partial charge in [0.25, 0.3) is 0 Å². The van der Waals surface area contributed by atoms with E-state index in [1.165, 1.54) is 18.4 Å². The molecular formula is C13H18N2O. The zero-order valence-electron chi connectivity index (χ0n) is 9.57. The van der Waals surface area contributed by atoms with Crippen molar-refractivity contribution in [3.05, 3.63) is 29.8 Å². The molecule has 0 aliphatic carbocycles. The molecule has 1 aromatic rings. The molecule has 3 heteroatoms. The molecule has 3 N–H and O–H groups in total. The van der Waals surface area contributed by atoms with Crippen molar-refractivity contribution in [3.8, 4) is 5.75 Å². The Morgan fingerprint density at radius 2 is 2.31 bits per heavy atom. The zero-order chi connectivity index (χ0) is 11.2. The molecule has 0 saturated carbocycles. The molecule has 2 heterocycles. The van der Waals surface area contributed by atoms with Crippen LogP contribution in [-0.4, -0.2) is 19.2 Å². The van der Waals surface area contributed by atoms with Gasteiger partial charge in [-0.25, -0.2) is 0 Å². The lowest BCUT2D eigenvalue weighted by Gasteiger charge is -2.33. The minimum Gasteiger partial charge on any atom is -0.497 e. The molecule has 3 rings (SSSR count). The lowest BCUT2D eigenvalue weighted by Crippen LogP contribution is -2.47. The van der Waals surface area contributed by atoms with Crippen LogP contribution in [0.3, 0.4) is 0 Å². The summed E-state index contributed by atoms with van der Waals surface area (Å²) in [6, 6.07) is 9.22. The maximum Gasteiger partial charge on any atom is 0.119 e. The Hall–Kier alpha value is -1.06. The predicted molar refractivity (Wildman–Crippen MR) is 63.4 cm³/mol. The maximum absolute atomic E-state index is 6.57. The standard InChI is InChI=1S/C13H18N2O/c1-16-11-4-2-3-9(7-11)13(14)8-10-5-6-12(13)15-10/h2-4,7,10,12,15H,5-6,8,14H2,1H3. The molecule has 0 aromatic heterocycles. The van der Waals surface area contributed by atoms with Gasteiger partial charge in [0.1, 0.15) is 5.75 Å². The monoisotopic (exact) mass is 218 g/mol. The summed E-state index contributed by atoms with van der Waals surface area (Å²) in [5.41, 5.74) is 7.57. The van der Waals surface area contributed by atoms with Crippen LogP contribution in [-0.2, 0) is 5.54 Å². The van der Waals surface area contributed by atoms with E-state index in [-0.39, 0.29) is 5.54 Å². The van der Waals surface area contributed by atoms with Crippen LogP contribution < -0.4 is 15.8 Å². The van der Waals surface area contributed by atoms with Crippen molar-refractivity contribution in [2.45, 2.75) is 36.9 Å². The molecule has 3 unspecified atom stereocenters. The summed E-state index contributed by atoms with van der Waals surface area (Å²) in [4.78, 5) is 0. The van der Waals surface area contributed by atoms with E-state index in [0.29, 0.717) is 12.1 Å². The number of hydrogen-bond acceptors (Lipinski definition) is 3. The molecule has 2 fully saturated rings. The van der Waals surface area contributed by atoms with Crippen LogP contribution in [0.25, 0.3) is 0 Å². The first-order chi connectivity index (χ1) is 7.72. The molecule has 3 atom stereocenters. The Labute approximate surface area is 96.0 Å². The van der Waals surface area contributed by atoms with Crippen molar-refractivity contribution >= 4 is 0 Å². The van der Waals surface area contributed by atoms with Gasteiger partial charge in [-0.1, -0.05) is 12.1 Å². The smallest absolute Gasteiger partial charge is 0.119 e. The molecule has 86 valence electrons. The van der Waals surface area contributed by atoms with E-state index in [1.54, 1.807) is 7.11 Å². The highest BCUT2D eigenvalue weighted by molar-refractivity contribution is 5.36. The van der Waals surface area contributed by atoms with Crippen molar-refractivity contribution < 1.29 is 4.74 Å². The van der Waals surface area contributed by atoms with Crippen LogP contribution >= 0.6 is 0 Å². The van der Waals surface area contributed by atoms with E-state index in [1.807, 2.05) is 12.1 Å². The second-order valence-electron chi connectivity index (χ2n) is 4.97. The summed E-state index contributed by atoms with van der Waals surface area (Å²) >= 11 is 0. The second-order valence-corrected chi connectivity index (χ2v) is 4.97. The minimum atomic E-state index is -0.197. The molecule has 2 bridgehead atoms. The number of nitrogens with one attached hydrogen (secondary N) is 1. The number of rotatable bonds is 2. The maximum atomic E-state index is 6.57. The SMILES string of the molecule is COc1cccc(C2(N)CC3CCC2N3)c1. The highest BCUT2D eigenvalue weighted by Gasteiger charge is 2.49. The van der Waals surface area contributed by atoms with Gasteiger partial charge in [-0.2, -0.15) is 0 Å². The number of methoxy groups -OCH3 is 1. The third-order valence-electron chi connectivity index (χ3n) is 4.05. The van der Waals surface area contributed by atoms with Crippen molar-refractivity contribution in [3.63, 3.8) is 0 Å². The van der Waals surface area contributed by atoms with Gasteiger partial charge < -0.3 is 15.8 Å². The van der Waals surface area contributed by atoms with E-state index in [2.05, 4.69) is 17.4 Å². The number of ether oxygens (including phenoxy) is 1. The van der Waals surface area contributed by atoms with Crippen LogP contribution in [0.15, 0.2) is 24.3 Å². The van der Waals surface area contributed by atoms with Gasteiger partial charge in [0.05, 0.1) is 12.6 Å². The van der Waals surface area contributed by atoms with Crippen molar-refractivity contribution in [1.82, 2.24) is 5.32 Å². The van der Waals surface area contributed by atoms with Crippen LogP contribution in [0.2, 0.25) is 0 Å². The lowest BCUT2D eigenvalue weighted by atomic mass is 9.77. The summed E-state index contributed by atoms with van der Waals surface area (Å²) in [6.07, 6.45) is 3.51. The first-order valence-corrected chi connectivity index (χ1v) is 5.92. The highest BCUT2D eigenvalue weighted by atomic mass is 16.5. The van der Waals surface area contributed by atoms with Gasteiger partial charge in [0.2, 0.25) is 0 Å². The highest BCUT2D eigenvalue weighted by Crippen LogP contribution is 2.42. The van der Waals surface area contributed by atoms with E-state index in [9.17, 15) is 0 Å². The molecule has 0 radical (unpaired) electrons. The largest absolute Gasteiger partial charge is 0.497 e. The van der Waals surface area contributed by atoms with Crippen molar-refractivity contribution in [2.24, 2.45) is 5.73 Å². The third-order valence-corrected chi connectivity index (χ3v) is 4.05. The van der Waals surface area contributed by atoms with Crippen molar-refractivity contribution in [1.29, 1.82) is 0 Å². The number of hydrogen-bond donors (Lipinski definition) is 2. The predicted octanol–water partition coefficient (Wildman–Crippen LogP) is 1.37. The fraction of sp³-hybridized carbons (Fsp3) is 0.538. The van der Waals surface area contributed by atoms with E-state index < -0.39 is 0 Å². The Morgan fingerprint density at radius 1 is 1.44 bits per heavy atom. The normalized spacial score (nSPS) is 36.6. The fourth-order valence-electron chi connectivity index (χ4n) is 3.17. The third kappa shape index (κ3) is 1.35. The molecule has 2 aliphatic rings. The minimum absolute atomic E-state index is 0.197. The second kappa shape index (κ2) is 3.47. The molecular weight excluding hydrogens is 200 g/mol. The molecule has 1 aromatic carbocycles. The molecule has 2 saturated heterocycles. The lowest BCUT2D eigenvalue weighted by molar-refractivity contribution is 0.340. The fourth-order valence-corrected chi connectivity index (χ4v) is 3.17. The van der Waals surface area contributed by atoms with Gasteiger partial charge in [-0.3, -0.25) is 0 Å². The van der Waals surface area contributed by atoms with E-state index in [4.69, 9.17) is 10.5 Å². The summed E-state index contributed by atoms with van der Waals surface area (Å²) in [5, 5.41) is 3.59. The average Bonchev–Trinajstić information content (AvgIpc) is 2.89. The number of nitrogens with two attached hydrogens (primary N) is 1. The van der Waals surface area contributed by atoms with E-state index in [0.717, 1.165) is 12.2 Å². The molecule has 3 nitrogen and oxygen atoms in total. The van der Waals surface area contributed by atoms with Gasteiger partial charge in [-0.05, 0) is 37.0 Å². The molecule has 16 heavy (non-hydrogen) atoms. The summed E-state index contributed by atoms with van der Waals surface area (Å²) < 4.78 is 5.26. The Bertz CT molecular complexity index is 407. The van der Waals surface area contributed by atoms with Gasteiger partial charge in [0.15, 0.2) is 0 Å². The van der Waals surface area contributed by atoms with Gasteiger partial charge in [-0.15, -0.1) is 0 Å². The first-order valence-electron chi connectivity index (χ1n) is 5.92. The molecule has 2 aliphatic heterocycles. The average molecular weight is 218 g/mol. The number of fused-ring (bicyclic) bond motifs is 2. The van der Waals surface area contributed by atoms with Gasteiger partial charge >= 0.3 is 0 Å². The first kappa shape index (κ1) is 10.1.